The quantitative estimate of drug-likeness (QED) is 0.413. The van der Waals surface area contributed by atoms with Gasteiger partial charge in [-0.25, -0.2) is 0 Å². The topological polar surface area (TPSA) is 84.4 Å². The van der Waals surface area contributed by atoms with E-state index in [-0.39, 0.29) is 5.56 Å². The molecule has 126 valence electrons. The predicted octanol–water partition coefficient (Wildman–Crippen LogP) is 0.641. The van der Waals surface area contributed by atoms with Gasteiger partial charge in [-0.1, -0.05) is 24.3 Å². The van der Waals surface area contributed by atoms with E-state index in [4.69, 9.17) is 5.84 Å². The third kappa shape index (κ3) is 4.10. The fourth-order valence-electron chi connectivity index (χ4n) is 2.98. The second-order valence-corrected chi connectivity index (χ2v) is 6.06. The van der Waals surface area contributed by atoms with Gasteiger partial charge in [0.2, 0.25) is 0 Å². The fourth-order valence-corrected chi connectivity index (χ4v) is 2.98. The van der Waals surface area contributed by atoms with Gasteiger partial charge in [-0.05, 0) is 36.2 Å². The van der Waals surface area contributed by atoms with Crippen molar-refractivity contribution in [2.24, 2.45) is 10.9 Å². The zero-order chi connectivity index (χ0) is 16.8. The van der Waals surface area contributed by atoms with Crippen molar-refractivity contribution in [1.82, 2.24) is 15.2 Å². The average Bonchev–Trinajstić information content (AvgIpc) is 3.10. The molecule has 0 saturated carbocycles. The van der Waals surface area contributed by atoms with Gasteiger partial charge >= 0.3 is 0 Å². The molecule has 0 unspecified atom stereocenters. The number of nitrogens with one attached hydrogen (secondary N) is 2. The maximum atomic E-state index is 12.6. The summed E-state index contributed by atoms with van der Waals surface area (Å²) in [5, 5.41) is 10.3. The normalized spacial score (nSPS) is 17.6. The Morgan fingerprint density at radius 1 is 1.38 bits per heavy atom. The van der Waals surface area contributed by atoms with Crippen molar-refractivity contribution in [3.63, 3.8) is 0 Å². The van der Waals surface area contributed by atoms with Gasteiger partial charge in [-0.2, -0.15) is 5.10 Å². The molecule has 1 aliphatic rings. The summed E-state index contributed by atoms with van der Waals surface area (Å²) in [6.07, 6.45) is 4.53. The van der Waals surface area contributed by atoms with E-state index in [9.17, 15) is 4.79 Å². The van der Waals surface area contributed by atoms with Crippen molar-refractivity contribution < 1.29 is 0 Å². The van der Waals surface area contributed by atoms with Crippen LogP contribution < -0.4 is 22.0 Å². The van der Waals surface area contributed by atoms with E-state index < -0.39 is 0 Å². The zero-order valence-electron chi connectivity index (χ0n) is 13.6. The number of aromatic nitrogens is 1. The summed E-state index contributed by atoms with van der Waals surface area (Å²) in [5.41, 5.74) is 2.81. The Labute approximate surface area is 141 Å². The molecule has 1 atom stereocenters. The lowest BCUT2D eigenvalue weighted by atomic mass is 10.1. The van der Waals surface area contributed by atoms with Gasteiger partial charge in [0.1, 0.15) is 0 Å². The first-order chi connectivity index (χ1) is 11.8. The first-order valence-electron chi connectivity index (χ1n) is 8.21. The van der Waals surface area contributed by atoms with E-state index >= 15 is 0 Å². The van der Waals surface area contributed by atoms with Crippen molar-refractivity contribution in [1.29, 1.82) is 0 Å². The highest BCUT2D eigenvalue weighted by atomic mass is 16.1. The van der Waals surface area contributed by atoms with Crippen molar-refractivity contribution in [3.8, 4) is 0 Å². The Bertz CT molecular complexity index is 762. The van der Waals surface area contributed by atoms with Gasteiger partial charge in [0, 0.05) is 30.9 Å². The number of pyridine rings is 1. The van der Waals surface area contributed by atoms with E-state index in [1.54, 1.807) is 10.8 Å². The molecular weight excluding hydrogens is 302 g/mol. The van der Waals surface area contributed by atoms with Crippen LogP contribution >= 0.6 is 0 Å². The Morgan fingerprint density at radius 3 is 3.08 bits per heavy atom. The fraction of sp³-hybridized carbons (Fsp3) is 0.333. The third-order valence-electron chi connectivity index (χ3n) is 4.27. The summed E-state index contributed by atoms with van der Waals surface area (Å²) in [6, 6.07) is 12.1. The maximum absolute atomic E-state index is 12.6. The lowest BCUT2D eigenvalue weighted by Gasteiger charge is -2.12. The molecule has 6 heteroatoms. The molecule has 1 aromatic heterocycles. The van der Waals surface area contributed by atoms with Crippen LogP contribution in [0.2, 0.25) is 0 Å². The van der Waals surface area contributed by atoms with Crippen LogP contribution in [0.3, 0.4) is 0 Å². The zero-order valence-corrected chi connectivity index (χ0v) is 13.6. The summed E-state index contributed by atoms with van der Waals surface area (Å²) in [5.74, 6) is 5.20. The predicted molar refractivity (Wildman–Crippen MR) is 96.1 cm³/mol. The number of benzene rings is 1. The maximum Gasteiger partial charge on any atom is 0.255 e. The molecule has 6 nitrogen and oxygen atoms in total. The molecule has 2 aromatic rings. The van der Waals surface area contributed by atoms with Crippen LogP contribution in [-0.4, -0.2) is 29.9 Å². The van der Waals surface area contributed by atoms with Crippen LogP contribution in [0.5, 0.6) is 0 Å². The average molecular weight is 325 g/mol. The van der Waals surface area contributed by atoms with E-state index in [1.807, 2.05) is 42.6 Å². The summed E-state index contributed by atoms with van der Waals surface area (Å²) in [7, 11) is 0. The van der Waals surface area contributed by atoms with Crippen molar-refractivity contribution in [2.45, 2.75) is 25.6 Å². The molecule has 24 heavy (non-hydrogen) atoms. The number of rotatable bonds is 6. The SMILES string of the molecule is NN=Cc1cccc(Cn2cccc(CN[C@H]3CCNC3)c2=O)c1. The van der Waals surface area contributed by atoms with Gasteiger partial charge in [-0.15, -0.1) is 0 Å². The minimum absolute atomic E-state index is 0.0499. The number of hydrogen-bond donors (Lipinski definition) is 3. The van der Waals surface area contributed by atoms with Crippen LogP contribution in [0.25, 0.3) is 0 Å². The van der Waals surface area contributed by atoms with Gasteiger partial charge in [-0.3, -0.25) is 4.79 Å². The van der Waals surface area contributed by atoms with E-state index in [0.29, 0.717) is 19.1 Å². The summed E-state index contributed by atoms with van der Waals surface area (Å²) in [6.45, 7) is 3.14. The number of hydrogen-bond acceptors (Lipinski definition) is 5. The Hall–Kier alpha value is -2.44. The van der Waals surface area contributed by atoms with Crippen molar-refractivity contribution in [2.75, 3.05) is 13.1 Å². The molecule has 1 saturated heterocycles. The Kier molecular flexibility index (Phi) is 5.40. The molecule has 0 radical (unpaired) electrons. The molecule has 0 amide bonds. The highest BCUT2D eigenvalue weighted by Crippen LogP contribution is 2.06. The second kappa shape index (κ2) is 7.90. The molecule has 0 aliphatic carbocycles. The van der Waals surface area contributed by atoms with Crippen LogP contribution in [-0.2, 0) is 13.1 Å². The molecule has 1 aliphatic heterocycles. The van der Waals surface area contributed by atoms with Crippen molar-refractivity contribution >= 4 is 6.21 Å². The summed E-state index contributed by atoms with van der Waals surface area (Å²) >= 11 is 0. The molecule has 1 aromatic carbocycles. The minimum Gasteiger partial charge on any atom is -0.323 e. The Morgan fingerprint density at radius 2 is 2.29 bits per heavy atom. The highest BCUT2D eigenvalue weighted by Gasteiger charge is 2.14. The first-order valence-corrected chi connectivity index (χ1v) is 8.21. The van der Waals surface area contributed by atoms with Crippen LogP contribution in [0, 0.1) is 0 Å². The standard InChI is InChI=1S/C18H23N5O/c19-22-10-14-3-1-4-15(9-14)13-23-8-2-5-16(18(23)24)11-21-17-6-7-20-12-17/h1-5,8-10,17,20-21H,6-7,11-13,19H2/t17-/m0/s1. The monoisotopic (exact) mass is 325 g/mol. The third-order valence-corrected chi connectivity index (χ3v) is 4.27. The van der Waals surface area contributed by atoms with E-state index in [0.717, 1.165) is 36.2 Å². The number of nitrogens with zero attached hydrogens (tertiary/aromatic N) is 2. The van der Waals surface area contributed by atoms with Crippen LogP contribution in [0.1, 0.15) is 23.1 Å². The van der Waals surface area contributed by atoms with E-state index in [2.05, 4.69) is 15.7 Å². The number of nitrogens with two attached hydrogens (primary N) is 1. The molecular formula is C18H23N5O. The largest absolute Gasteiger partial charge is 0.323 e. The first kappa shape index (κ1) is 16.4. The molecule has 2 heterocycles. The van der Waals surface area contributed by atoms with Crippen LogP contribution in [0.15, 0.2) is 52.5 Å². The summed E-state index contributed by atoms with van der Waals surface area (Å²) in [4.78, 5) is 12.6. The highest BCUT2D eigenvalue weighted by molar-refractivity contribution is 5.79. The second-order valence-electron chi connectivity index (χ2n) is 6.06. The van der Waals surface area contributed by atoms with Gasteiger partial charge in [0.25, 0.3) is 5.56 Å². The van der Waals surface area contributed by atoms with Crippen molar-refractivity contribution in [3.05, 3.63) is 69.6 Å². The van der Waals surface area contributed by atoms with Gasteiger partial charge < -0.3 is 21.0 Å². The van der Waals surface area contributed by atoms with E-state index in [1.165, 1.54) is 0 Å². The lowest BCUT2D eigenvalue weighted by Crippen LogP contribution is -2.33. The molecule has 3 rings (SSSR count). The molecule has 0 bridgehead atoms. The summed E-state index contributed by atoms with van der Waals surface area (Å²) < 4.78 is 1.74. The number of hydrazone groups is 1. The minimum atomic E-state index is 0.0499. The smallest absolute Gasteiger partial charge is 0.255 e. The molecule has 1 fully saturated rings. The Balaban J connectivity index is 1.72. The molecule has 0 spiro atoms. The van der Waals surface area contributed by atoms with Gasteiger partial charge in [0.15, 0.2) is 0 Å². The lowest BCUT2D eigenvalue weighted by molar-refractivity contribution is 0.542. The van der Waals surface area contributed by atoms with Crippen LogP contribution in [0.4, 0.5) is 0 Å². The van der Waals surface area contributed by atoms with Gasteiger partial charge in [0.05, 0.1) is 12.8 Å². The molecule has 4 N–H and O–H groups in total.